The maximum Gasteiger partial charge on any atom is 0.0630 e. The van der Waals surface area contributed by atoms with Crippen molar-refractivity contribution in [3.05, 3.63) is 34.1 Å². The Hall–Kier alpha value is -0.670. The molecule has 1 aromatic rings. The van der Waals surface area contributed by atoms with Gasteiger partial charge in [0.05, 0.1) is 5.69 Å². The van der Waals surface area contributed by atoms with E-state index in [-0.39, 0.29) is 0 Å². The molecule has 0 bridgehead atoms. The van der Waals surface area contributed by atoms with Crippen LogP contribution in [0.1, 0.15) is 32.9 Å². The summed E-state index contributed by atoms with van der Waals surface area (Å²) in [4.78, 5) is 4.36. The van der Waals surface area contributed by atoms with Crippen LogP contribution in [-0.2, 0) is 0 Å². The molecule has 1 N–H and O–H groups in total. The number of aromatic nitrogens is 1. The first-order chi connectivity index (χ1) is 8.11. The van der Waals surface area contributed by atoms with Gasteiger partial charge in [0.2, 0.25) is 0 Å². The van der Waals surface area contributed by atoms with Crippen LogP contribution in [-0.4, -0.2) is 18.1 Å². The zero-order valence-electron chi connectivity index (χ0n) is 10.8. The minimum atomic E-state index is 0.693. The first-order valence-electron chi connectivity index (χ1n) is 6.13. The van der Waals surface area contributed by atoms with E-state index in [4.69, 9.17) is 0 Å². The fourth-order valence-corrected chi connectivity index (χ4v) is 1.72. The van der Waals surface area contributed by atoms with Gasteiger partial charge in [-0.15, -0.1) is 0 Å². The van der Waals surface area contributed by atoms with Crippen LogP contribution in [0.2, 0.25) is 0 Å². The highest BCUT2D eigenvalue weighted by molar-refractivity contribution is 9.10. The molecule has 0 fully saturated rings. The Labute approximate surface area is 113 Å². The molecule has 0 amide bonds. The van der Waals surface area contributed by atoms with Gasteiger partial charge in [-0.3, -0.25) is 4.98 Å². The summed E-state index contributed by atoms with van der Waals surface area (Å²) < 4.78 is 1.02. The van der Waals surface area contributed by atoms with Crippen molar-refractivity contribution in [3.8, 4) is 0 Å². The monoisotopic (exact) mass is 296 g/mol. The zero-order valence-corrected chi connectivity index (χ0v) is 12.4. The Morgan fingerprint density at radius 3 is 2.76 bits per heavy atom. The molecule has 0 aliphatic rings. The Morgan fingerprint density at radius 1 is 1.47 bits per heavy atom. The van der Waals surface area contributed by atoms with Gasteiger partial charge in [0, 0.05) is 17.2 Å². The van der Waals surface area contributed by atoms with Crippen molar-refractivity contribution in [2.45, 2.75) is 27.2 Å². The third-order valence-electron chi connectivity index (χ3n) is 2.46. The van der Waals surface area contributed by atoms with E-state index >= 15 is 0 Å². The Morgan fingerprint density at radius 2 is 2.24 bits per heavy atom. The highest BCUT2D eigenvalue weighted by Gasteiger charge is 1.98. The second-order valence-corrected chi connectivity index (χ2v) is 5.50. The van der Waals surface area contributed by atoms with Gasteiger partial charge in [-0.25, -0.2) is 0 Å². The molecule has 1 rings (SSSR count). The van der Waals surface area contributed by atoms with Gasteiger partial charge in [0.25, 0.3) is 0 Å². The molecular weight excluding hydrogens is 276 g/mol. The van der Waals surface area contributed by atoms with Crippen molar-refractivity contribution in [3.63, 3.8) is 0 Å². The number of hydrogen-bond acceptors (Lipinski definition) is 2. The fraction of sp³-hybridized carbons (Fsp3) is 0.500. The molecule has 1 heterocycles. The molecule has 94 valence electrons. The average molecular weight is 297 g/mol. The predicted molar refractivity (Wildman–Crippen MR) is 77.9 cm³/mol. The average Bonchev–Trinajstić information content (AvgIpc) is 2.30. The summed E-state index contributed by atoms with van der Waals surface area (Å²) >= 11 is 3.39. The zero-order chi connectivity index (χ0) is 12.7. The largest absolute Gasteiger partial charge is 0.313 e. The van der Waals surface area contributed by atoms with Crippen LogP contribution in [0, 0.1) is 5.92 Å². The van der Waals surface area contributed by atoms with Crippen molar-refractivity contribution < 1.29 is 0 Å². The minimum Gasteiger partial charge on any atom is -0.313 e. The molecule has 0 radical (unpaired) electrons. The van der Waals surface area contributed by atoms with Crippen molar-refractivity contribution in [2.24, 2.45) is 5.92 Å². The third-order valence-corrected chi connectivity index (χ3v) is 2.93. The summed E-state index contributed by atoms with van der Waals surface area (Å²) in [6.07, 6.45) is 5.06. The number of halogens is 1. The first kappa shape index (κ1) is 14.4. The number of hydrogen-bond donors (Lipinski definition) is 1. The highest BCUT2D eigenvalue weighted by atomic mass is 79.9. The van der Waals surface area contributed by atoms with E-state index in [1.165, 1.54) is 5.57 Å². The molecule has 0 saturated carbocycles. The second-order valence-electron chi connectivity index (χ2n) is 4.58. The molecule has 0 aliphatic heterocycles. The topological polar surface area (TPSA) is 24.9 Å². The van der Waals surface area contributed by atoms with Crippen molar-refractivity contribution >= 4 is 22.0 Å². The number of rotatable bonds is 6. The summed E-state index contributed by atoms with van der Waals surface area (Å²) in [6.45, 7) is 8.64. The standard InChI is InChI=1S/C14H21BrN2/c1-4-12(9-16-8-11(2)3)7-14-6-5-13(15)10-17-14/h5-7,10-11,16H,4,8-9H2,1-3H3/b12-7-. The van der Waals surface area contributed by atoms with Crippen LogP contribution in [0.3, 0.4) is 0 Å². The Bertz CT molecular complexity index is 355. The van der Waals surface area contributed by atoms with Gasteiger partial charge in [-0.2, -0.15) is 0 Å². The van der Waals surface area contributed by atoms with E-state index in [1.54, 1.807) is 0 Å². The third kappa shape index (κ3) is 5.99. The number of nitrogens with zero attached hydrogens (tertiary/aromatic N) is 1. The lowest BCUT2D eigenvalue weighted by molar-refractivity contribution is 0.569. The van der Waals surface area contributed by atoms with E-state index in [2.05, 4.69) is 53.1 Å². The molecule has 2 nitrogen and oxygen atoms in total. The number of nitrogens with one attached hydrogen (secondary N) is 1. The van der Waals surface area contributed by atoms with Crippen LogP contribution < -0.4 is 5.32 Å². The molecule has 3 heteroatoms. The van der Waals surface area contributed by atoms with Gasteiger partial charge in [0.15, 0.2) is 0 Å². The Kier molecular flexibility index (Phi) is 6.45. The maximum absolute atomic E-state index is 4.36. The van der Waals surface area contributed by atoms with Crippen molar-refractivity contribution in [1.29, 1.82) is 0 Å². The minimum absolute atomic E-state index is 0.693. The van der Waals surface area contributed by atoms with E-state index in [0.717, 1.165) is 29.7 Å². The summed E-state index contributed by atoms with van der Waals surface area (Å²) in [5.74, 6) is 0.693. The van der Waals surface area contributed by atoms with Crippen LogP contribution in [0.15, 0.2) is 28.4 Å². The van der Waals surface area contributed by atoms with Gasteiger partial charge >= 0.3 is 0 Å². The summed E-state index contributed by atoms with van der Waals surface area (Å²) in [7, 11) is 0. The fourth-order valence-electron chi connectivity index (χ4n) is 1.48. The van der Waals surface area contributed by atoms with Gasteiger partial charge < -0.3 is 5.32 Å². The molecule has 0 aliphatic carbocycles. The molecule has 0 saturated heterocycles. The smallest absolute Gasteiger partial charge is 0.0630 e. The molecule has 0 unspecified atom stereocenters. The summed E-state index contributed by atoms with van der Waals surface area (Å²) in [5.41, 5.74) is 2.41. The molecular formula is C14H21BrN2. The molecule has 0 atom stereocenters. The predicted octanol–water partition coefficient (Wildman–Crippen LogP) is 3.88. The molecule has 0 spiro atoms. The molecule has 1 aromatic heterocycles. The molecule has 17 heavy (non-hydrogen) atoms. The van der Waals surface area contributed by atoms with E-state index < -0.39 is 0 Å². The van der Waals surface area contributed by atoms with Crippen LogP contribution in [0.5, 0.6) is 0 Å². The maximum atomic E-state index is 4.36. The Balaban J connectivity index is 2.57. The molecule has 0 aromatic carbocycles. The van der Waals surface area contributed by atoms with Crippen molar-refractivity contribution in [1.82, 2.24) is 10.3 Å². The van der Waals surface area contributed by atoms with Gasteiger partial charge in [0.1, 0.15) is 0 Å². The van der Waals surface area contributed by atoms with E-state index in [1.807, 2.05) is 18.3 Å². The van der Waals surface area contributed by atoms with E-state index in [0.29, 0.717) is 5.92 Å². The lowest BCUT2D eigenvalue weighted by Gasteiger charge is -2.09. The summed E-state index contributed by atoms with van der Waals surface area (Å²) in [6, 6.07) is 4.05. The summed E-state index contributed by atoms with van der Waals surface area (Å²) in [5, 5.41) is 3.46. The van der Waals surface area contributed by atoms with Gasteiger partial charge in [-0.1, -0.05) is 26.3 Å². The van der Waals surface area contributed by atoms with Crippen LogP contribution in [0.4, 0.5) is 0 Å². The van der Waals surface area contributed by atoms with E-state index in [9.17, 15) is 0 Å². The van der Waals surface area contributed by atoms with Crippen LogP contribution >= 0.6 is 15.9 Å². The van der Waals surface area contributed by atoms with Gasteiger partial charge in [-0.05, 0) is 53.0 Å². The quantitative estimate of drug-likeness (QED) is 0.862. The lowest BCUT2D eigenvalue weighted by Crippen LogP contribution is -2.21. The normalized spacial score (nSPS) is 12.2. The van der Waals surface area contributed by atoms with Crippen molar-refractivity contribution in [2.75, 3.05) is 13.1 Å². The SMILES string of the molecule is CC/C(=C/c1ccc(Br)cn1)CNCC(C)C. The first-order valence-corrected chi connectivity index (χ1v) is 6.92. The number of pyridine rings is 1. The highest BCUT2D eigenvalue weighted by Crippen LogP contribution is 2.11. The second kappa shape index (κ2) is 7.62. The van der Waals surface area contributed by atoms with Crippen LogP contribution in [0.25, 0.3) is 6.08 Å². The lowest BCUT2D eigenvalue weighted by atomic mass is 10.1.